The highest BCUT2D eigenvalue weighted by Crippen LogP contribution is 2.20. The van der Waals surface area contributed by atoms with Crippen molar-refractivity contribution in [2.24, 2.45) is 0 Å². The van der Waals surface area contributed by atoms with Gasteiger partial charge in [-0.2, -0.15) is 0 Å². The second-order valence-corrected chi connectivity index (χ2v) is 4.84. The predicted molar refractivity (Wildman–Crippen MR) is 75.3 cm³/mol. The van der Waals surface area contributed by atoms with Crippen LogP contribution >= 0.6 is 22.6 Å². The third-order valence-corrected chi connectivity index (χ3v) is 3.49. The summed E-state index contributed by atoms with van der Waals surface area (Å²) in [7, 11) is 0. The number of hydrogen-bond acceptors (Lipinski definition) is 2. The van der Waals surface area contributed by atoms with Gasteiger partial charge in [0.15, 0.2) is 6.29 Å². The Morgan fingerprint density at radius 3 is 2.78 bits per heavy atom. The lowest BCUT2D eigenvalue weighted by Gasteiger charge is -2.09. The average molecular weight is 356 g/mol. The van der Waals surface area contributed by atoms with E-state index in [2.05, 4.69) is 22.6 Å². The van der Waals surface area contributed by atoms with Gasteiger partial charge in [0.05, 0.1) is 5.56 Å². The van der Waals surface area contributed by atoms with Crippen molar-refractivity contribution in [3.63, 3.8) is 0 Å². The number of aldehydes is 1. The summed E-state index contributed by atoms with van der Waals surface area (Å²) < 4.78 is 19.6. The van der Waals surface area contributed by atoms with E-state index < -0.39 is 0 Å². The Labute approximate surface area is 118 Å². The van der Waals surface area contributed by atoms with Crippen LogP contribution in [0.15, 0.2) is 42.5 Å². The van der Waals surface area contributed by atoms with E-state index in [1.807, 2.05) is 0 Å². The lowest BCUT2D eigenvalue weighted by Crippen LogP contribution is -2.00. The molecule has 0 atom stereocenters. The average Bonchev–Trinajstić information content (AvgIpc) is 2.40. The van der Waals surface area contributed by atoms with Gasteiger partial charge in [-0.05, 0) is 52.9 Å². The molecule has 0 aliphatic carbocycles. The molecule has 0 aliphatic heterocycles. The van der Waals surface area contributed by atoms with E-state index in [1.54, 1.807) is 30.3 Å². The van der Waals surface area contributed by atoms with E-state index >= 15 is 0 Å². The van der Waals surface area contributed by atoms with Gasteiger partial charge in [0.1, 0.15) is 18.2 Å². The number of carbonyl (C=O) groups is 1. The predicted octanol–water partition coefficient (Wildman–Crippen LogP) is 3.82. The SMILES string of the molecule is O=Cc1ccccc1OCc1cc(F)ccc1I. The molecule has 0 radical (unpaired) electrons. The minimum Gasteiger partial charge on any atom is -0.488 e. The molecule has 0 saturated carbocycles. The van der Waals surface area contributed by atoms with Gasteiger partial charge >= 0.3 is 0 Å². The molecule has 2 nitrogen and oxygen atoms in total. The molecule has 2 aromatic carbocycles. The van der Waals surface area contributed by atoms with Crippen molar-refractivity contribution in [3.05, 3.63) is 63.0 Å². The summed E-state index contributed by atoms with van der Waals surface area (Å²) in [6.45, 7) is 0.237. The molecule has 2 aromatic rings. The summed E-state index contributed by atoms with van der Waals surface area (Å²) in [4.78, 5) is 10.8. The van der Waals surface area contributed by atoms with E-state index in [9.17, 15) is 9.18 Å². The number of benzene rings is 2. The monoisotopic (exact) mass is 356 g/mol. The van der Waals surface area contributed by atoms with Crippen LogP contribution < -0.4 is 4.74 Å². The van der Waals surface area contributed by atoms with Crippen LogP contribution in [0.2, 0.25) is 0 Å². The Balaban J connectivity index is 2.16. The summed E-state index contributed by atoms with van der Waals surface area (Å²) in [5.74, 6) is 0.213. The summed E-state index contributed by atoms with van der Waals surface area (Å²) in [5, 5.41) is 0. The first kappa shape index (κ1) is 13.0. The van der Waals surface area contributed by atoms with E-state index in [1.165, 1.54) is 12.1 Å². The van der Waals surface area contributed by atoms with E-state index in [0.29, 0.717) is 11.3 Å². The second-order valence-electron chi connectivity index (χ2n) is 3.68. The van der Waals surface area contributed by atoms with Crippen LogP contribution in [-0.4, -0.2) is 6.29 Å². The van der Waals surface area contributed by atoms with Gasteiger partial charge in [0.25, 0.3) is 0 Å². The van der Waals surface area contributed by atoms with Crippen LogP contribution in [0.25, 0.3) is 0 Å². The highest BCUT2D eigenvalue weighted by Gasteiger charge is 2.05. The molecule has 0 aliphatic rings. The van der Waals surface area contributed by atoms with Crippen molar-refractivity contribution in [2.75, 3.05) is 0 Å². The molecule has 0 bridgehead atoms. The topological polar surface area (TPSA) is 26.3 Å². The van der Waals surface area contributed by atoms with Gasteiger partial charge in [0.2, 0.25) is 0 Å². The number of halogens is 2. The molecule has 0 amide bonds. The van der Waals surface area contributed by atoms with Gasteiger partial charge in [-0.25, -0.2) is 4.39 Å². The standard InChI is InChI=1S/C14H10FIO2/c15-12-5-6-13(16)11(7-12)9-18-14-4-2-1-3-10(14)8-17/h1-8H,9H2. The molecule has 0 unspecified atom stereocenters. The molecule has 0 aromatic heterocycles. The molecule has 2 rings (SSSR count). The maximum absolute atomic E-state index is 13.1. The van der Waals surface area contributed by atoms with Crippen LogP contribution in [0.5, 0.6) is 5.75 Å². The Kier molecular flexibility index (Phi) is 4.30. The van der Waals surface area contributed by atoms with Crippen LogP contribution in [-0.2, 0) is 6.61 Å². The third-order valence-electron chi connectivity index (χ3n) is 2.44. The van der Waals surface area contributed by atoms with Gasteiger partial charge in [-0.3, -0.25) is 4.79 Å². The molecular formula is C14H10FIO2. The maximum Gasteiger partial charge on any atom is 0.153 e. The smallest absolute Gasteiger partial charge is 0.153 e. The van der Waals surface area contributed by atoms with Gasteiger partial charge < -0.3 is 4.74 Å². The number of rotatable bonds is 4. The van der Waals surface area contributed by atoms with E-state index in [-0.39, 0.29) is 12.4 Å². The van der Waals surface area contributed by atoms with Crippen LogP contribution in [0.3, 0.4) is 0 Å². The fourth-order valence-electron chi connectivity index (χ4n) is 1.52. The quantitative estimate of drug-likeness (QED) is 0.615. The third kappa shape index (κ3) is 3.07. The van der Waals surface area contributed by atoms with Crippen LogP contribution in [0, 0.1) is 9.39 Å². The molecule has 4 heteroatoms. The largest absolute Gasteiger partial charge is 0.488 e. The Morgan fingerprint density at radius 1 is 1.22 bits per heavy atom. The van der Waals surface area contributed by atoms with Crippen LogP contribution in [0.4, 0.5) is 4.39 Å². The Morgan fingerprint density at radius 2 is 2.00 bits per heavy atom. The molecule has 92 valence electrons. The number of carbonyl (C=O) groups excluding carboxylic acids is 1. The highest BCUT2D eigenvalue weighted by molar-refractivity contribution is 14.1. The summed E-state index contributed by atoms with van der Waals surface area (Å²) in [6.07, 6.45) is 0.742. The minimum atomic E-state index is -0.294. The Hall–Kier alpha value is -1.43. The molecule has 0 fully saturated rings. The summed E-state index contributed by atoms with van der Waals surface area (Å²) in [6, 6.07) is 11.5. The van der Waals surface area contributed by atoms with Crippen molar-refractivity contribution in [1.29, 1.82) is 0 Å². The van der Waals surface area contributed by atoms with Crippen molar-refractivity contribution in [3.8, 4) is 5.75 Å². The van der Waals surface area contributed by atoms with Crippen LogP contribution in [0.1, 0.15) is 15.9 Å². The fraction of sp³-hybridized carbons (Fsp3) is 0.0714. The first-order valence-electron chi connectivity index (χ1n) is 5.31. The minimum absolute atomic E-state index is 0.237. The Bertz CT molecular complexity index is 569. The van der Waals surface area contributed by atoms with E-state index in [4.69, 9.17) is 4.74 Å². The molecule has 0 heterocycles. The number of ether oxygens (including phenoxy) is 1. The molecule has 18 heavy (non-hydrogen) atoms. The zero-order valence-corrected chi connectivity index (χ0v) is 11.6. The molecular weight excluding hydrogens is 346 g/mol. The number of hydrogen-bond donors (Lipinski definition) is 0. The molecule has 0 N–H and O–H groups in total. The van der Waals surface area contributed by atoms with Gasteiger partial charge in [-0.15, -0.1) is 0 Å². The van der Waals surface area contributed by atoms with Gasteiger partial charge in [-0.1, -0.05) is 12.1 Å². The second kappa shape index (κ2) is 5.95. The van der Waals surface area contributed by atoms with Crippen molar-refractivity contribution in [1.82, 2.24) is 0 Å². The van der Waals surface area contributed by atoms with E-state index in [0.717, 1.165) is 15.4 Å². The van der Waals surface area contributed by atoms with Crippen molar-refractivity contribution < 1.29 is 13.9 Å². The van der Waals surface area contributed by atoms with Crippen molar-refractivity contribution >= 4 is 28.9 Å². The zero-order chi connectivity index (χ0) is 13.0. The maximum atomic E-state index is 13.1. The number of para-hydroxylation sites is 1. The summed E-state index contributed by atoms with van der Waals surface area (Å²) in [5.41, 5.74) is 1.25. The molecule has 0 spiro atoms. The van der Waals surface area contributed by atoms with Gasteiger partial charge in [0, 0.05) is 9.13 Å². The normalized spacial score (nSPS) is 10.1. The highest BCUT2D eigenvalue weighted by atomic mass is 127. The lowest BCUT2D eigenvalue weighted by atomic mass is 10.2. The van der Waals surface area contributed by atoms with Crippen molar-refractivity contribution in [2.45, 2.75) is 6.61 Å². The fourth-order valence-corrected chi connectivity index (χ4v) is 2.01. The molecule has 0 saturated heterocycles. The lowest BCUT2D eigenvalue weighted by molar-refractivity contribution is 0.111. The summed E-state index contributed by atoms with van der Waals surface area (Å²) >= 11 is 2.12. The first-order valence-corrected chi connectivity index (χ1v) is 6.39. The first-order chi connectivity index (χ1) is 8.70. The zero-order valence-electron chi connectivity index (χ0n) is 9.40.